The van der Waals surface area contributed by atoms with Crippen LogP contribution in [0.25, 0.3) is 10.9 Å². The molecule has 0 atom stereocenters. The number of aromatic hydroxyl groups is 1. The number of amides is 1. The molecule has 1 aliphatic heterocycles. The lowest BCUT2D eigenvalue weighted by Gasteiger charge is -2.40. The quantitative estimate of drug-likeness (QED) is 0.131. The Morgan fingerprint density at radius 3 is 2.09 bits per heavy atom. The van der Waals surface area contributed by atoms with Gasteiger partial charge in [0.2, 0.25) is 0 Å². The zero-order valence-electron chi connectivity index (χ0n) is 24.6. The molecule has 8 nitrogen and oxygen atoms in total. The summed E-state index contributed by atoms with van der Waals surface area (Å²) in [4.78, 5) is 35.2. The first kappa shape index (κ1) is 30.8. The number of aryl methyl sites for hydroxylation is 1. The third-order valence-electron chi connectivity index (χ3n) is 8.28. The van der Waals surface area contributed by atoms with Crippen molar-refractivity contribution >= 4 is 51.5 Å². The standard InChI is InChI=1S/C35H33Cl2N5O3/c36-29-21-38-22-30(37)32(29)39-35(45)34(44)28-23-42(31-13-12-26(43)20-27(28)31)15-7-14-40-16-18-41(19-17-40)33(24-8-3-1-4-9-24)25-10-5-2-6-11-25/h1-6,8-13,20-23,33,43H,7,14-19H2,(H,38,39,45). The molecule has 45 heavy (non-hydrogen) atoms. The maximum atomic E-state index is 13.3. The van der Waals surface area contributed by atoms with E-state index in [1.165, 1.54) is 29.6 Å². The zero-order chi connectivity index (χ0) is 31.3. The molecule has 2 aromatic heterocycles. The fourth-order valence-electron chi connectivity index (χ4n) is 6.07. The van der Waals surface area contributed by atoms with Crippen LogP contribution in [-0.4, -0.2) is 68.9 Å². The van der Waals surface area contributed by atoms with Crippen molar-refractivity contribution in [2.75, 3.05) is 38.0 Å². The molecule has 5 aromatic rings. The van der Waals surface area contributed by atoms with Gasteiger partial charge in [0, 0.05) is 62.2 Å². The molecule has 230 valence electrons. The average molecular weight is 643 g/mol. The van der Waals surface area contributed by atoms with E-state index < -0.39 is 11.7 Å². The van der Waals surface area contributed by atoms with Crippen LogP contribution in [0.5, 0.6) is 5.75 Å². The van der Waals surface area contributed by atoms with E-state index in [9.17, 15) is 14.7 Å². The summed E-state index contributed by atoms with van der Waals surface area (Å²) < 4.78 is 1.97. The smallest absolute Gasteiger partial charge is 0.296 e. The number of rotatable bonds is 10. The van der Waals surface area contributed by atoms with Crippen molar-refractivity contribution in [2.24, 2.45) is 0 Å². The number of fused-ring (bicyclic) bond motifs is 1. The minimum absolute atomic E-state index is 0.0112. The van der Waals surface area contributed by atoms with Crippen LogP contribution in [0.4, 0.5) is 5.69 Å². The zero-order valence-corrected chi connectivity index (χ0v) is 26.1. The van der Waals surface area contributed by atoms with Gasteiger partial charge in [-0.3, -0.25) is 19.5 Å². The Labute approximate surface area is 271 Å². The minimum atomic E-state index is -0.880. The lowest BCUT2D eigenvalue weighted by Crippen LogP contribution is -2.48. The molecular weight excluding hydrogens is 609 g/mol. The van der Waals surface area contributed by atoms with Crippen LogP contribution in [0.3, 0.4) is 0 Å². The lowest BCUT2D eigenvalue weighted by molar-refractivity contribution is -0.112. The number of carbonyl (C=O) groups is 2. The molecule has 1 aliphatic rings. The predicted octanol–water partition coefficient (Wildman–Crippen LogP) is 6.67. The Hall–Kier alpha value is -4.21. The average Bonchev–Trinajstić information content (AvgIpc) is 3.41. The van der Waals surface area contributed by atoms with Crippen molar-refractivity contribution in [3.8, 4) is 5.75 Å². The Morgan fingerprint density at radius 2 is 1.47 bits per heavy atom. The van der Waals surface area contributed by atoms with E-state index in [2.05, 4.69) is 80.8 Å². The highest BCUT2D eigenvalue weighted by Crippen LogP contribution is 2.31. The molecule has 1 fully saturated rings. The lowest BCUT2D eigenvalue weighted by atomic mass is 9.96. The molecule has 0 saturated carbocycles. The summed E-state index contributed by atoms with van der Waals surface area (Å²) in [6.07, 6.45) is 5.21. The van der Waals surface area contributed by atoms with E-state index in [4.69, 9.17) is 23.2 Å². The Morgan fingerprint density at radius 1 is 0.844 bits per heavy atom. The van der Waals surface area contributed by atoms with Crippen LogP contribution in [0.1, 0.15) is 33.9 Å². The number of halogens is 2. The third kappa shape index (κ3) is 6.89. The highest BCUT2D eigenvalue weighted by Gasteiger charge is 2.27. The highest BCUT2D eigenvalue weighted by molar-refractivity contribution is 6.50. The molecule has 3 aromatic carbocycles. The van der Waals surface area contributed by atoms with Crippen LogP contribution in [0.15, 0.2) is 97.5 Å². The number of anilines is 1. The summed E-state index contributed by atoms with van der Waals surface area (Å²) in [7, 11) is 0. The largest absolute Gasteiger partial charge is 0.508 e. The van der Waals surface area contributed by atoms with E-state index in [1.807, 2.05) is 4.57 Å². The summed E-state index contributed by atoms with van der Waals surface area (Å²) in [6.45, 7) is 5.38. The van der Waals surface area contributed by atoms with Crippen molar-refractivity contribution in [3.05, 3.63) is 124 Å². The molecule has 1 amide bonds. The fraction of sp³-hybridized carbons (Fsp3) is 0.229. The SMILES string of the molecule is O=C(Nc1c(Cl)cncc1Cl)C(=O)c1cn(CCCN2CCN(C(c3ccccc3)c3ccccc3)CC2)c2ccc(O)cc12. The number of piperazine rings is 1. The number of aromatic nitrogens is 2. The van der Waals surface area contributed by atoms with Crippen LogP contribution < -0.4 is 5.32 Å². The summed E-state index contributed by atoms with van der Waals surface area (Å²) in [6, 6.07) is 26.4. The molecule has 2 N–H and O–H groups in total. The number of carbonyl (C=O) groups excluding carboxylic acids is 2. The Kier molecular flexibility index (Phi) is 9.47. The molecule has 0 radical (unpaired) electrons. The van der Waals surface area contributed by atoms with Gasteiger partial charge < -0.3 is 19.9 Å². The van der Waals surface area contributed by atoms with Crippen molar-refractivity contribution in [2.45, 2.75) is 19.0 Å². The first-order valence-electron chi connectivity index (χ1n) is 14.9. The monoisotopic (exact) mass is 641 g/mol. The van der Waals surface area contributed by atoms with E-state index in [-0.39, 0.29) is 33.1 Å². The number of Topliss-reactive ketones (excluding diaryl/α,β-unsaturated/α-hetero) is 1. The first-order chi connectivity index (χ1) is 21.9. The molecule has 0 bridgehead atoms. The summed E-state index contributed by atoms with van der Waals surface area (Å²) in [5, 5.41) is 13.4. The number of nitrogens with one attached hydrogen (secondary N) is 1. The normalized spacial score (nSPS) is 14.2. The summed E-state index contributed by atoms with van der Waals surface area (Å²) >= 11 is 12.3. The number of ketones is 1. The third-order valence-corrected chi connectivity index (χ3v) is 8.86. The molecule has 0 spiro atoms. The predicted molar refractivity (Wildman–Crippen MR) is 178 cm³/mol. The second-order valence-electron chi connectivity index (χ2n) is 11.2. The van der Waals surface area contributed by atoms with Crippen LogP contribution in [0, 0.1) is 0 Å². The Balaban J connectivity index is 1.11. The highest BCUT2D eigenvalue weighted by atomic mass is 35.5. The van der Waals surface area contributed by atoms with Crippen molar-refractivity contribution in [3.63, 3.8) is 0 Å². The molecule has 10 heteroatoms. The number of hydrogen-bond donors (Lipinski definition) is 2. The second-order valence-corrected chi connectivity index (χ2v) is 12.0. The van der Waals surface area contributed by atoms with Gasteiger partial charge in [0.15, 0.2) is 0 Å². The number of phenols is 1. The van der Waals surface area contributed by atoms with Crippen LogP contribution in [-0.2, 0) is 11.3 Å². The number of nitrogens with zero attached hydrogens (tertiary/aromatic N) is 4. The molecule has 0 aliphatic carbocycles. The van der Waals surface area contributed by atoms with Crippen molar-refractivity contribution in [1.29, 1.82) is 0 Å². The molecule has 0 unspecified atom stereocenters. The van der Waals surface area contributed by atoms with Gasteiger partial charge in [0.05, 0.1) is 27.3 Å². The van der Waals surface area contributed by atoms with Crippen molar-refractivity contribution in [1.82, 2.24) is 19.4 Å². The Bertz CT molecular complexity index is 1750. The van der Waals surface area contributed by atoms with Gasteiger partial charge in [0.1, 0.15) is 5.75 Å². The minimum Gasteiger partial charge on any atom is -0.508 e. The van der Waals surface area contributed by atoms with E-state index in [0.29, 0.717) is 11.9 Å². The molecule has 1 saturated heterocycles. The topological polar surface area (TPSA) is 90.7 Å². The van der Waals surface area contributed by atoms with Gasteiger partial charge in [-0.1, -0.05) is 83.9 Å². The van der Waals surface area contributed by atoms with E-state index in [0.717, 1.165) is 44.7 Å². The van der Waals surface area contributed by atoms with Gasteiger partial charge in [-0.2, -0.15) is 0 Å². The van der Waals surface area contributed by atoms with Crippen molar-refractivity contribution < 1.29 is 14.7 Å². The van der Waals surface area contributed by atoms with Gasteiger partial charge in [-0.05, 0) is 42.3 Å². The van der Waals surface area contributed by atoms with Gasteiger partial charge in [-0.25, -0.2) is 0 Å². The van der Waals surface area contributed by atoms with Gasteiger partial charge >= 0.3 is 0 Å². The van der Waals surface area contributed by atoms with Gasteiger partial charge in [0.25, 0.3) is 11.7 Å². The summed E-state index contributed by atoms with van der Waals surface area (Å²) in [5.41, 5.74) is 3.68. The number of benzene rings is 3. The fourth-order valence-corrected chi connectivity index (χ4v) is 6.53. The molecule has 6 rings (SSSR count). The first-order valence-corrected chi connectivity index (χ1v) is 15.7. The molecular formula is C35H33Cl2N5O3. The number of hydrogen-bond acceptors (Lipinski definition) is 6. The van der Waals surface area contributed by atoms with E-state index in [1.54, 1.807) is 18.3 Å². The maximum Gasteiger partial charge on any atom is 0.296 e. The maximum absolute atomic E-state index is 13.3. The van der Waals surface area contributed by atoms with Crippen LogP contribution in [0.2, 0.25) is 10.0 Å². The number of phenolic OH excluding ortho intramolecular Hbond substituents is 1. The number of pyridine rings is 1. The van der Waals surface area contributed by atoms with Gasteiger partial charge in [-0.15, -0.1) is 0 Å². The summed E-state index contributed by atoms with van der Waals surface area (Å²) in [5.74, 6) is -1.62. The van der Waals surface area contributed by atoms with E-state index >= 15 is 0 Å². The second kappa shape index (κ2) is 13.8. The van der Waals surface area contributed by atoms with Crippen LogP contribution >= 0.6 is 23.2 Å². The molecule has 3 heterocycles.